The Balaban J connectivity index is 1.66. The van der Waals surface area contributed by atoms with E-state index in [-0.39, 0.29) is 17.3 Å². The van der Waals surface area contributed by atoms with Gasteiger partial charge in [-0.25, -0.2) is 0 Å². The summed E-state index contributed by atoms with van der Waals surface area (Å²) in [5.74, 6) is 0.225. The first kappa shape index (κ1) is 13.0. The van der Waals surface area contributed by atoms with Gasteiger partial charge in [-0.15, -0.1) is 11.8 Å². The van der Waals surface area contributed by atoms with Crippen molar-refractivity contribution in [3.05, 3.63) is 29.8 Å². The summed E-state index contributed by atoms with van der Waals surface area (Å²) in [7, 11) is 0. The Kier molecular flexibility index (Phi) is 3.77. The van der Waals surface area contributed by atoms with Gasteiger partial charge in [0.1, 0.15) is 0 Å². The van der Waals surface area contributed by atoms with E-state index in [0.29, 0.717) is 26.2 Å². The van der Waals surface area contributed by atoms with Gasteiger partial charge in [0.25, 0.3) is 0 Å². The third-order valence-electron chi connectivity index (χ3n) is 3.64. The first-order valence-corrected chi connectivity index (χ1v) is 7.51. The highest BCUT2D eigenvalue weighted by Gasteiger charge is 2.33. The fourth-order valence-corrected chi connectivity index (χ4v) is 3.86. The molecule has 0 radical (unpaired) electrons. The van der Waals surface area contributed by atoms with Gasteiger partial charge in [0.2, 0.25) is 5.91 Å². The van der Waals surface area contributed by atoms with Crippen LogP contribution in [0, 0.1) is 0 Å². The van der Waals surface area contributed by atoms with E-state index in [2.05, 4.69) is 12.1 Å². The van der Waals surface area contributed by atoms with Crippen molar-refractivity contribution in [3.63, 3.8) is 0 Å². The van der Waals surface area contributed by atoms with Crippen LogP contribution in [-0.4, -0.2) is 48.4 Å². The van der Waals surface area contributed by atoms with E-state index in [0.717, 1.165) is 6.42 Å². The number of carbonyl (C=O) groups is 1. The molecule has 1 amide bonds. The number of amides is 1. The van der Waals surface area contributed by atoms with Crippen LogP contribution in [0.15, 0.2) is 29.2 Å². The maximum absolute atomic E-state index is 12.5. The summed E-state index contributed by atoms with van der Waals surface area (Å²) in [5, 5.41) is 0.0222. The molecule has 3 rings (SSSR count). The number of benzene rings is 1. The molecule has 2 N–H and O–H groups in total. The van der Waals surface area contributed by atoms with Crippen LogP contribution in [0.25, 0.3) is 0 Å². The van der Waals surface area contributed by atoms with Gasteiger partial charge in [-0.1, -0.05) is 18.2 Å². The lowest BCUT2D eigenvalue weighted by molar-refractivity contribution is -0.137. The Labute approximate surface area is 117 Å². The topological polar surface area (TPSA) is 55.6 Å². The summed E-state index contributed by atoms with van der Waals surface area (Å²) >= 11 is 1.68. The van der Waals surface area contributed by atoms with Gasteiger partial charge in [0, 0.05) is 24.5 Å². The molecule has 1 aromatic rings. The minimum Gasteiger partial charge on any atom is -0.373 e. The number of morpholine rings is 1. The summed E-state index contributed by atoms with van der Waals surface area (Å²) in [6.07, 6.45) is 0.830. The van der Waals surface area contributed by atoms with E-state index in [1.54, 1.807) is 11.8 Å². The van der Waals surface area contributed by atoms with E-state index in [1.165, 1.54) is 10.5 Å². The summed E-state index contributed by atoms with van der Waals surface area (Å²) in [5.41, 5.74) is 6.91. The second kappa shape index (κ2) is 5.53. The Bertz CT molecular complexity index is 455. The molecule has 5 heteroatoms. The van der Waals surface area contributed by atoms with Crippen molar-refractivity contribution in [1.29, 1.82) is 0 Å². The average Bonchev–Trinajstić information content (AvgIpc) is 2.90. The molecule has 102 valence electrons. The number of nitrogens with zero attached hydrogens (tertiary/aromatic N) is 1. The van der Waals surface area contributed by atoms with Crippen LogP contribution < -0.4 is 5.73 Å². The summed E-state index contributed by atoms with van der Waals surface area (Å²) in [6, 6.07) is 8.26. The quantitative estimate of drug-likeness (QED) is 0.873. The molecule has 19 heavy (non-hydrogen) atoms. The molecule has 2 atom stereocenters. The highest BCUT2D eigenvalue weighted by Crippen LogP contribution is 2.37. The van der Waals surface area contributed by atoms with Gasteiger partial charge in [0.15, 0.2) is 0 Å². The Hall–Kier alpha value is -1.04. The molecule has 2 heterocycles. The zero-order chi connectivity index (χ0) is 13.2. The molecular formula is C14H18N2O2S. The molecule has 1 fully saturated rings. The van der Waals surface area contributed by atoms with Gasteiger partial charge in [-0.2, -0.15) is 0 Å². The fraction of sp³-hybridized carbons (Fsp3) is 0.500. The fourth-order valence-electron chi connectivity index (χ4n) is 2.59. The summed E-state index contributed by atoms with van der Waals surface area (Å²) < 4.78 is 5.51. The number of hydrogen-bond acceptors (Lipinski definition) is 4. The lowest BCUT2D eigenvalue weighted by Gasteiger charge is -2.33. The van der Waals surface area contributed by atoms with Gasteiger partial charge in [0.05, 0.1) is 18.0 Å². The zero-order valence-corrected chi connectivity index (χ0v) is 11.6. The van der Waals surface area contributed by atoms with E-state index in [4.69, 9.17) is 10.5 Å². The number of fused-ring (bicyclic) bond motifs is 1. The van der Waals surface area contributed by atoms with E-state index in [9.17, 15) is 4.79 Å². The lowest BCUT2D eigenvalue weighted by atomic mass is 10.1. The number of hydrogen-bond donors (Lipinski definition) is 1. The Morgan fingerprint density at radius 2 is 2.32 bits per heavy atom. The van der Waals surface area contributed by atoms with Crippen molar-refractivity contribution in [1.82, 2.24) is 4.90 Å². The molecular weight excluding hydrogens is 260 g/mol. The van der Waals surface area contributed by atoms with Crippen LogP contribution in [0.3, 0.4) is 0 Å². The molecule has 2 aliphatic heterocycles. The van der Waals surface area contributed by atoms with Crippen molar-refractivity contribution in [2.24, 2.45) is 5.73 Å². The van der Waals surface area contributed by atoms with Crippen LogP contribution in [0.4, 0.5) is 0 Å². The molecule has 0 spiro atoms. The first-order valence-electron chi connectivity index (χ1n) is 6.63. The number of thioether (sulfide) groups is 1. The normalized spacial score (nSPS) is 26.3. The first-order chi connectivity index (χ1) is 9.28. The SMILES string of the molecule is NCC1CN(C(=O)C2Cc3ccccc3S2)CCO1. The maximum atomic E-state index is 12.5. The van der Waals surface area contributed by atoms with Crippen LogP contribution in [0.1, 0.15) is 5.56 Å². The second-order valence-electron chi connectivity index (χ2n) is 4.93. The summed E-state index contributed by atoms with van der Waals surface area (Å²) in [4.78, 5) is 15.7. The Morgan fingerprint density at radius 3 is 3.11 bits per heavy atom. The number of rotatable bonds is 2. The predicted molar refractivity (Wildman–Crippen MR) is 75.2 cm³/mol. The second-order valence-corrected chi connectivity index (χ2v) is 6.18. The number of carbonyl (C=O) groups excluding carboxylic acids is 1. The van der Waals surface area contributed by atoms with Gasteiger partial charge < -0.3 is 15.4 Å². The molecule has 1 aromatic carbocycles. The van der Waals surface area contributed by atoms with Crippen molar-refractivity contribution >= 4 is 17.7 Å². The molecule has 4 nitrogen and oxygen atoms in total. The van der Waals surface area contributed by atoms with Crippen molar-refractivity contribution in [2.45, 2.75) is 22.7 Å². The third kappa shape index (κ3) is 2.63. The van der Waals surface area contributed by atoms with E-state index in [1.807, 2.05) is 17.0 Å². The minimum absolute atomic E-state index is 0.00789. The van der Waals surface area contributed by atoms with E-state index >= 15 is 0 Å². The zero-order valence-electron chi connectivity index (χ0n) is 10.7. The molecule has 0 saturated carbocycles. The van der Waals surface area contributed by atoms with E-state index < -0.39 is 0 Å². The van der Waals surface area contributed by atoms with Crippen molar-refractivity contribution in [3.8, 4) is 0 Å². The molecule has 2 unspecified atom stereocenters. The monoisotopic (exact) mass is 278 g/mol. The van der Waals surface area contributed by atoms with Crippen molar-refractivity contribution in [2.75, 3.05) is 26.2 Å². The maximum Gasteiger partial charge on any atom is 0.236 e. The smallest absolute Gasteiger partial charge is 0.236 e. The lowest BCUT2D eigenvalue weighted by Crippen LogP contribution is -2.50. The largest absolute Gasteiger partial charge is 0.373 e. The van der Waals surface area contributed by atoms with Crippen molar-refractivity contribution < 1.29 is 9.53 Å². The highest BCUT2D eigenvalue weighted by molar-refractivity contribution is 8.01. The summed E-state index contributed by atoms with van der Waals surface area (Å²) in [6.45, 7) is 2.38. The molecule has 0 bridgehead atoms. The van der Waals surface area contributed by atoms with Gasteiger partial charge in [-0.3, -0.25) is 4.79 Å². The number of ether oxygens (including phenoxy) is 1. The standard InChI is InChI=1S/C14H18N2O2S/c15-8-11-9-16(5-6-18-11)14(17)13-7-10-3-1-2-4-12(10)19-13/h1-4,11,13H,5-9,15H2. The van der Waals surface area contributed by atoms with Crippen LogP contribution in [0.5, 0.6) is 0 Å². The van der Waals surface area contributed by atoms with Crippen LogP contribution >= 0.6 is 11.8 Å². The highest BCUT2D eigenvalue weighted by atomic mass is 32.2. The third-order valence-corrected chi connectivity index (χ3v) is 4.94. The predicted octanol–water partition coefficient (Wildman–Crippen LogP) is 0.890. The van der Waals surface area contributed by atoms with Gasteiger partial charge >= 0.3 is 0 Å². The molecule has 2 aliphatic rings. The Morgan fingerprint density at radius 1 is 1.47 bits per heavy atom. The number of nitrogens with two attached hydrogens (primary N) is 1. The molecule has 0 aliphatic carbocycles. The minimum atomic E-state index is -0.00789. The van der Waals surface area contributed by atoms with Gasteiger partial charge in [-0.05, 0) is 18.1 Å². The van der Waals surface area contributed by atoms with Crippen LogP contribution in [-0.2, 0) is 16.0 Å². The van der Waals surface area contributed by atoms with Crippen LogP contribution in [0.2, 0.25) is 0 Å². The molecule has 1 saturated heterocycles. The average molecular weight is 278 g/mol. The molecule has 0 aromatic heterocycles.